The van der Waals surface area contributed by atoms with Gasteiger partial charge in [-0.3, -0.25) is 9.59 Å². The normalized spacial score (nSPS) is 11.7. The fraction of sp³-hybridized carbons (Fsp3) is 0.0800. The topological polar surface area (TPSA) is 84.2 Å². The standard InChI is InChI=1S/C25H19N5O2/c1-2-29-20-9-5-3-7-16(20)18-13-15(11-12-21(18)29)27-25(32)19-14-26-30-22-10-6-4-8-17(22)24(31)28-23(19)30/h3-14H,2H2,1H3,(H,27,32)(H,28,31). The van der Waals surface area contributed by atoms with Gasteiger partial charge in [-0.2, -0.15) is 5.10 Å². The monoisotopic (exact) mass is 421 g/mol. The van der Waals surface area contributed by atoms with Crippen molar-refractivity contribution in [2.45, 2.75) is 13.5 Å². The average molecular weight is 421 g/mol. The summed E-state index contributed by atoms with van der Waals surface area (Å²) in [5.41, 5.74) is 4.05. The summed E-state index contributed by atoms with van der Waals surface area (Å²) in [6.45, 7) is 2.98. The molecule has 0 spiro atoms. The lowest BCUT2D eigenvalue weighted by Gasteiger charge is -2.06. The molecule has 0 aliphatic carbocycles. The highest BCUT2D eigenvalue weighted by molar-refractivity contribution is 6.12. The highest BCUT2D eigenvalue weighted by Crippen LogP contribution is 2.31. The molecule has 1 amide bonds. The van der Waals surface area contributed by atoms with E-state index in [0.717, 1.165) is 22.8 Å². The molecule has 0 bridgehead atoms. The van der Waals surface area contributed by atoms with E-state index in [9.17, 15) is 9.59 Å². The van der Waals surface area contributed by atoms with E-state index in [0.29, 0.717) is 27.8 Å². The Balaban J connectivity index is 1.44. The second-order valence-corrected chi connectivity index (χ2v) is 7.74. The number of hydrogen-bond acceptors (Lipinski definition) is 3. The van der Waals surface area contributed by atoms with Crippen LogP contribution in [0.2, 0.25) is 0 Å². The van der Waals surface area contributed by atoms with Crippen molar-refractivity contribution in [2.24, 2.45) is 0 Å². The molecule has 0 fully saturated rings. The Hall–Kier alpha value is -4.39. The highest BCUT2D eigenvalue weighted by Gasteiger charge is 2.17. The molecule has 3 aromatic carbocycles. The van der Waals surface area contributed by atoms with Gasteiger partial charge >= 0.3 is 0 Å². The zero-order chi connectivity index (χ0) is 21.8. The third-order valence-electron chi connectivity index (χ3n) is 5.97. The Bertz CT molecular complexity index is 1740. The highest BCUT2D eigenvalue weighted by atomic mass is 16.2. The van der Waals surface area contributed by atoms with Crippen LogP contribution >= 0.6 is 0 Å². The molecule has 0 unspecified atom stereocenters. The van der Waals surface area contributed by atoms with Gasteiger partial charge in [0.25, 0.3) is 11.5 Å². The largest absolute Gasteiger partial charge is 0.341 e. The van der Waals surface area contributed by atoms with Crippen molar-refractivity contribution in [1.29, 1.82) is 0 Å². The molecule has 32 heavy (non-hydrogen) atoms. The molecule has 2 N–H and O–H groups in total. The summed E-state index contributed by atoms with van der Waals surface area (Å²) in [6, 6.07) is 21.4. The summed E-state index contributed by atoms with van der Waals surface area (Å²) in [5, 5.41) is 10.1. The number of nitrogens with one attached hydrogen (secondary N) is 2. The van der Waals surface area contributed by atoms with Crippen LogP contribution < -0.4 is 10.9 Å². The maximum Gasteiger partial charge on any atom is 0.261 e. The summed E-state index contributed by atoms with van der Waals surface area (Å²) in [4.78, 5) is 28.4. The van der Waals surface area contributed by atoms with Crippen LogP contribution in [-0.4, -0.2) is 25.1 Å². The number of benzene rings is 3. The van der Waals surface area contributed by atoms with Gasteiger partial charge < -0.3 is 14.9 Å². The Morgan fingerprint density at radius 3 is 2.47 bits per heavy atom. The molecule has 0 saturated carbocycles. The van der Waals surface area contributed by atoms with E-state index >= 15 is 0 Å². The Kier molecular flexibility index (Phi) is 3.91. The first-order valence-electron chi connectivity index (χ1n) is 10.5. The van der Waals surface area contributed by atoms with Crippen molar-refractivity contribution >= 4 is 50.0 Å². The first-order valence-corrected chi connectivity index (χ1v) is 10.5. The van der Waals surface area contributed by atoms with E-state index in [1.165, 1.54) is 11.7 Å². The van der Waals surface area contributed by atoms with E-state index in [2.05, 4.69) is 39.0 Å². The van der Waals surface area contributed by atoms with E-state index in [4.69, 9.17) is 0 Å². The van der Waals surface area contributed by atoms with E-state index in [-0.39, 0.29) is 11.5 Å². The SMILES string of the molecule is CCn1c2ccccc2c2cc(NC(=O)c3cnn4c3[nH]c(=O)c3ccccc34)ccc21. The number of para-hydroxylation sites is 2. The summed E-state index contributed by atoms with van der Waals surface area (Å²) in [6.07, 6.45) is 1.48. The van der Waals surface area contributed by atoms with Gasteiger partial charge in [-0.25, -0.2) is 4.52 Å². The number of rotatable bonds is 3. The molecule has 3 aromatic heterocycles. The van der Waals surface area contributed by atoms with Crippen LogP contribution in [0.15, 0.2) is 77.7 Å². The molecule has 3 heterocycles. The number of aromatic amines is 1. The number of amides is 1. The van der Waals surface area contributed by atoms with Crippen LogP contribution in [0.25, 0.3) is 38.4 Å². The number of carbonyl (C=O) groups excluding carboxylic acids is 1. The first-order chi connectivity index (χ1) is 15.7. The van der Waals surface area contributed by atoms with Crippen molar-refractivity contribution in [1.82, 2.24) is 19.2 Å². The number of aromatic nitrogens is 4. The molecule has 7 nitrogen and oxygen atoms in total. The number of fused-ring (bicyclic) bond motifs is 6. The van der Waals surface area contributed by atoms with Crippen LogP contribution in [-0.2, 0) is 6.54 Å². The molecular weight excluding hydrogens is 402 g/mol. The minimum absolute atomic E-state index is 0.253. The number of H-pyrrole nitrogens is 1. The summed E-state index contributed by atoms with van der Waals surface area (Å²) >= 11 is 0. The minimum atomic E-state index is -0.329. The van der Waals surface area contributed by atoms with Gasteiger partial charge in [-0.1, -0.05) is 30.3 Å². The predicted molar refractivity (Wildman–Crippen MR) is 126 cm³/mol. The third kappa shape index (κ3) is 2.58. The lowest BCUT2D eigenvalue weighted by molar-refractivity contribution is 0.102. The number of carbonyl (C=O) groups is 1. The molecular formula is C25H19N5O2. The lowest BCUT2D eigenvalue weighted by atomic mass is 10.1. The maximum absolute atomic E-state index is 13.1. The van der Waals surface area contributed by atoms with E-state index in [1.54, 1.807) is 16.6 Å². The summed E-state index contributed by atoms with van der Waals surface area (Å²) < 4.78 is 3.85. The van der Waals surface area contributed by atoms with Gasteiger partial charge in [0.05, 0.1) is 17.1 Å². The smallest absolute Gasteiger partial charge is 0.261 e. The third-order valence-corrected chi connectivity index (χ3v) is 5.97. The number of nitrogens with zero attached hydrogens (tertiary/aromatic N) is 3. The zero-order valence-corrected chi connectivity index (χ0v) is 17.3. The Morgan fingerprint density at radius 2 is 1.66 bits per heavy atom. The van der Waals surface area contributed by atoms with Gasteiger partial charge in [-0.05, 0) is 43.3 Å². The van der Waals surface area contributed by atoms with Crippen molar-refractivity contribution < 1.29 is 4.79 Å². The minimum Gasteiger partial charge on any atom is -0.341 e. The van der Waals surface area contributed by atoms with E-state index < -0.39 is 0 Å². The van der Waals surface area contributed by atoms with Gasteiger partial charge in [0.2, 0.25) is 0 Å². The number of hydrogen-bond donors (Lipinski definition) is 2. The van der Waals surface area contributed by atoms with Gasteiger partial charge in [-0.15, -0.1) is 0 Å². The van der Waals surface area contributed by atoms with Crippen molar-refractivity contribution in [3.63, 3.8) is 0 Å². The van der Waals surface area contributed by atoms with Crippen molar-refractivity contribution in [2.75, 3.05) is 5.32 Å². The van der Waals surface area contributed by atoms with E-state index in [1.807, 2.05) is 42.5 Å². The quantitative estimate of drug-likeness (QED) is 0.439. The molecule has 0 atom stereocenters. The van der Waals surface area contributed by atoms with Crippen molar-refractivity contribution in [3.05, 3.63) is 88.8 Å². The van der Waals surface area contributed by atoms with Crippen LogP contribution in [0.1, 0.15) is 17.3 Å². The number of anilines is 1. The molecule has 0 aliphatic rings. The Labute approximate surface area is 181 Å². The van der Waals surface area contributed by atoms with Gasteiger partial charge in [0.15, 0.2) is 0 Å². The lowest BCUT2D eigenvalue weighted by Crippen LogP contribution is -2.15. The Morgan fingerprint density at radius 1 is 0.938 bits per heavy atom. The van der Waals surface area contributed by atoms with Crippen molar-refractivity contribution in [3.8, 4) is 0 Å². The van der Waals surface area contributed by atoms with Gasteiger partial charge in [0.1, 0.15) is 11.2 Å². The molecule has 0 aliphatic heterocycles. The van der Waals surface area contributed by atoms with Crippen LogP contribution in [0.3, 0.4) is 0 Å². The van der Waals surface area contributed by atoms with Crippen LogP contribution in [0.5, 0.6) is 0 Å². The average Bonchev–Trinajstić information content (AvgIpc) is 3.38. The molecule has 0 radical (unpaired) electrons. The maximum atomic E-state index is 13.1. The molecule has 6 rings (SSSR count). The zero-order valence-electron chi connectivity index (χ0n) is 17.3. The van der Waals surface area contributed by atoms with Gasteiger partial charge in [0, 0.05) is 34.0 Å². The molecule has 6 aromatic rings. The fourth-order valence-electron chi connectivity index (χ4n) is 4.51. The summed E-state index contributed by atoms with van der Waals surface area (Å²) in [5.74, 6) is -0.329. The van der Waals surface area contributed by atoms with Crippen LogP contribution in [0, 0.1) is 0 Å². The van der Waals surface area contributed by atoms with Crippen LogP contribution in [0.4, 0.5) is 5.69 Å². The predicted octanol–water partition coefficient (Wildman–Crippen LogP) is 4.56. The second kappa shape index (κ2) is 6.81. The molecule has 7 heteroatoms. The number of aryl methyl sites for hydroxylation is 1. The molecule has 0 saturated heterocycles. The summed E-state index contributed by atoms with van der Waals surface area (Å²) in [7, 11) is 0. The second-order valence-electron chi connectivity index (χ2n) is 7.74. The fourth-order valence-corrected chi connectivity index (χ4v) is 4.51. The first kappa shape index (κ1) is 18.4. The molecule has 156 valence electrons.